The lowest BCUT2D eigenvalue weighted by Gasteiger charge is -2.22. The van der Waals surface area contributed by atoms with Crippen molar-refractivity contribution in [1.29, 1.82) is 0 Å². The Morgan fingerprint density at radius 2 is 1.95 bits per heavy atom. The number of hydrogen-bond donors (Lipinski definition) is 0. The molecule has 1 heterocycles. The molecule has 0 aliphatic carbocycles. The van der Waals surface area contributed by atoms with Gasteiger partial charge in [0.2, 0.25) is 0 Å². The van der Waals surface area contributed by atoms with Crippen LogP contribution in [0.15, 0.2) is 42.6 Å². The number of hydrogen-bond acceptors (Lipinski definition) is 2. The van der Waals surface area contributed by atoms with Gasteiger partial charge in [-0.3, -0.25) is 4.79 Å². The molecule has 0 aliphatic heterocycles. The lowest BCUT2D eigenvalue weighted by atomic mass is 10.2. The number of aromatic nitrogens is 1. The summed E-state index contributed by atoms with van der Waals surface area (Å²) in [6.07, 6.45) is 1.85. The van der Waals surface area contributed by atoms with Crippen LogP contribution in [0.4, 0.5) is 10.1 Å². The molecule has 3 nitrogen and oxygen atoms in total. The summed E-state index contributed by atoms with van der Waals surface area (Å²) in [4.78, 5) is 14.1. The molecule has 0 spiro atoms. The summed E-state index contributed by atoms with van der Waals surface area (Å²) in [6, 6.07) is 9.85. The molecule has 0 saturated carbocycles. The third kappa shape index (κ3) is 3.02. The zero-order chi connectivity index (χ0) is 13.8. The fourth-order valence-corrected chi connectivity index (χ4v) is 2.04. The van der Waals surface area contributed by atoms with E-state index in [1.807, 2.05) is 31.1 Å². The van der Waals surface area contributed by atoms with Crippen LogP contribution >= 0.6 is 0 Å². The monoisotopic (exact) mass is 260 g/mol. The molecule has 19 heavy (non-hydrogen) atoms. The van der Waals surface area contributed by atoms with Crippen LogP contribution in [0.5, 0.6) is 0 Å². The zero-order valence-electron chi connectivity index (χ0n) is 11.1. The minimum Gasteiger partial charge on any atom is -0.364 e. The molecule has 0 bridgehead atoms. The quantitative estimate of drug-likeness (QED) is 0.772. The standard InChI is InChI=1S/C15H17FN2O/c1-3-18(13-8-6-12(16)7-9-13)11-15(19)14-5-4-10-17(14)2/h4-10H,3,11H2,1-2H3. The molecule has 2 aromatic rings. The Balaban J connectivity index is 2.13. The average Bonchev–Trinajstić information content (AvgIpc) is 2.83. The predicted molar refractivity (Wildman–Crippen MR) is 74.0 cm³/mol. The van der Waals surface area contributed by atoms with Crippen molar-refractivity contribution < 1.29 is 9.18 Å². The lowest BCUT2D eigenvalue weighted by Crippen LogP contribution is -2.30. The van der Waals surface area contributed by atoms with Gasteiger partial charge in [-0.1, -0.05) is 0 Å². The van der Waals surface area contributed by atoms with E-state index in [4.69, 9.17) is 0 Å². The highest BCUT2D eigenvalue weighted by Crippen LogP contribution is 2.15. The molecule has 0 unspecified atom stereocenters. The summed E-state index contributed by atoms with van der Waals surface area (Å²) in [5.74, 6) is -0.216. The van der Waals surface area contributed by atoms with Crippen molar-refractivity contribution in [2.24, 2.45) is 7.05 Å². The van der Waals surface area contributed by atoms with Crippen molar-refractivity contribution in [2.75, 3.05) is 18.0 Å². The molecule has 0 N–H and O–H groups in total. The smallest absolute Gasteiger partial charge is 0.198 e. The van der Waals surface area contributed by atoms with Crippen LogP contribution in [0.25, 0.3) is 0 Å². The van der Waals surface area contributed by atoms with Gasteiger partial charge in [-0.2, -0.15) is 0 Å². The van der Waals surface area contributed by atoms with Crippen LogP contribution in [0.3, 0.4) is 0 Å². The van der Waals surface area contributed by atoms with Crippen molar-refractivity contribution in [2.45, 2.75) is 6.92 Å². The molecule has 2 rings (SSSR count). The number of carbonyl (C=O) groups is 1. The number of ketones is 1. The summed E-state index contributed by atoms with van der Waals surface area (Å²) in [5, 5.41) is 0. The minimum atomic E-state index is -0.270. The summed E-state index contributed by atoms with van der Waals surface area (Å²) in [6.45, 7) is 2.96. The number of rotatable bonds is 5. The highest BCUT2D eigenvalue weighted by molar-refractivity contribution is 5.98. The number of halogens is 1. The topological polar surface area (TPSA) is 25.2 Å². The molecule has 1 aromatic carbocycles. The highest BCUT2D eigenvalue weighted by Gasteiger charge is 2.14. The maximum absolute atomic E-state index is 12.9. The maximum Gasteiger partial charge on any atom is 0.198 e. The minimum absolute atomic E-state index is 0.0543. The normalized spacial score (nSPS) is 10.5. The lowest BCUT2D eigenvalue weighted by molar-refractivity contribution is 0.0991. The van der Waals surface area contributed by atoms with E-state index >= 15 is 0 Å². The molecule has 4 heteroatoms. The predicted octanol–water partition coefficient (Wildman–Crippen LogP) is 2.87. The molecule has 100 valence electrons. The molecule has 0 fully saturated rings. The fraction of sp³-hybridized carbons (Fsp3) is 0.267. The zero-order valence-corrected chi connectivity index (χ0v) is 11.1. The van der Waals surface area contributed by atoms with Crippen LogP contribution in [0.2, 0.25) is 0 Å². The molecule has 0 atom stereocenters. The van der Waals surface area contributed by atoms with E-state index in [1.165, 1.54) is 12.1 Å². The van der Waals surface area contributed by atoms with E-state index in [0.29, 0.717) is 18.8 Å². The van der Waals surface area contributed by atoms with Gasteiger partial charge in [0.1, 0.15) is 5.82 Å². The highest BCUT2D eigenvalue weighted by atomic mass is 19.1. The Labute approximate surface area is 112 Å². The summed E-state index contributed by atoms with van der Waals surface area (Å²) in [5.41, 5.74) is 1.53. The second kappa shape index (κ2) is 5.69. The van der Waals surface area contributed by atoms with Crippen molar-refractivity contribution in [3.8, 4) is 0 Å². The first-order valence-electron chi connectivity index (χ1n) is 6.27. The van der Waals surface area contributed by atoms with Gasteiger partial charge in [0.15, 0.2) is 5.78 Å². The van der Waals surface area contributed by atoms with Gasteiger partial charge in [0.05, 0.1) is 12.2 Å². The van der Waals surface area contributed by atoms with Crippen molar-refractivity contribution in [3.05, 3.63) is 54.1 Å². The molecular weight excluding hydrogens is 243 g/mol. The average molecular weight is 260 g/mol. The molecule has 0 saturated heterocycles. The van der Waals surface area contributed by atoms with Crippen molar-refractivity contribution >= 4 is 11.5 Å². The van der Waals surface area contributed by atoms with Crippen LogP contribution in [0, 0.1) is 5.82 Å². The van der Waals surface area contributed by atoms with Gasteiger partial charge in [-0.05, 0) is 43.3 Å². The molecule has 0 radical (unpaired) electrons. The van der Waals surface area contributed by atoms with Crippen molar-refractivity contribution in [3.63, 3.8) is 0 Å². The van der Waals surface area contributed by atoms with Gasteiger partial charge in [-0.15, -0.1) is 0 Å². The molecule has 0 amide bonds. The first kappa shape index (κ1) is 13.3. The van der Waals surface area contributed by atoms with Crippen LogP contribution in [-0.2, 0) is 7.05 Å². The molecule has 1 aromatic heterocycles. The van der Waals surface area contributed by atoms with E-state index in [-0.39, 0.29) is 11.6 Å². The second-order valence-corrected chi connectivity index (χ2v) is 4.42. The van der Waals surface area contributed by atoms with E-state index in [9.17, 15) is 9.18 Å². The number of anilines is 1. The van der Waals surface area contributed by atoms with E-state index in [1.54, 1.807) is 22.8 Å². The number of Topliss-reactive ketones (excluding diaryl/α,β-unsaturated/α-hetero) is 1. The SMILES string of the molecule is CCN(CC(=O)c1cccn1C)c1ccc(F)cc1. The van der Waals surface area contributed by atoms with E-state index in [0.717, 1.165) is 5.69 Å². The first-order chi connectivity index (χ1) is 9.11. The Kier molecular flexibility index (Phi) is 4.00. The van der Waals surface area contributed by atoms with Gasteiger partial charge < -0.3 is 9.47 Å². The third-order valence-corrected chi connectivity index (χ3v) is 3.14. The second-order valence-electron chi connectivity index (χ2n) is 4.42. The van der Waals surface area contributed by atoms with Gasteiger partial charge in [-0.25, -0.2) is 4.39 Å². The number of likely N-dealkylation sites (N-methyl/N-ethyl adjacent to an activating group) is 1. The maximum atomic E-state index is 12.9. The number of benzene rings is 1. The van der Waals surface area contributed by atoms with Gasteiger partial charge in [0.25, 0.3) is 0 Å². The largest absolute Gasteiger partial charge is 0.364 e. The Morgan fingerprint density at radius 1 is 1.26 bits per heavy atom. The van der Waals surface area contributed by atoms with Gasteiger partial charge >= 0.3 is 0 Å². The van der Waals surface area contributed by atoms with Crippen molar-refractivity contribution in [1.82, 2.24) is 4.57 Å². The summed E-state index contributed by atoms with van der Waals surface area (Å²) in [7, 11) is 1.85. The van der Waals surface area contributed by atoms with E-state index in [2.05, 4.69) is 0 Å². The molecule has 0 aliphatic rings. The van der Waals surface area contributed by atoms with Crippen LogP contribution in [-0.4, -0.2) is 23.4 Å². The Hall–Kier alpha value is -2.10. The third-order valence-electron chi connectivity index (χ3n) is 3.14. The number of carbonyl (C=O) groups excluding carboxylic acids is 1. The summed E-state index contributed by atoms with van der Waals surface area (Å²) < 4.78 is 14.7. The van der Waals surface area contributed by atoms with E-state index < -0.39 is 0 Å². The number of aryl methyl sites for hydroxylation is 1. The Bertz CT molecular complexity index is 560. The fourth-order valence-electron chi connectivity index (χ4n) is 2.04. The Morgan fingerprint density at radius 3 is 2.47 bits per heavy atom. The van der Waals surface area contributed by atoms with Gasteiger partial charge in [0, 0.05) is 25.5 Å². The first-order valence-corrected chi connectivity index (χ1v) is 6.27. The summed E-state index contributed by atoms with van der Waals surface area (Å²) >= 11 is 0. The molecular formula is C15H17FN2O. The van der Waals surface area contributed by atoms with Crippen LogP contribution < -0.4 is 4.90 Å². The van der Waals surface area contributed by atoms with Crippen LogP contribution in [0.1, 0.15) is 17.4 Å². The number of nitrogens with zero attached hydrogens (tertiary/aromatic N) is 2.